The van der Waals surface area contributed by atoms with Gasteiger partial charge in [0.25, 0.3) is 5.91 Å². The highest BCUT2D eigenvalue weighted by atomic mass is 16.5. The van der Waals surface area contributed by atoms with Crippen molar-refractivity contribution in [1.82, 2.24) is 5.32 Å². The summed E-state index contributed by atoms with van der Waals surface area (Å²) in [6.07, 6.45) is -2.75. The third-order valence-electron chi connectivity index (χ3n) is 4.31. The van der Waals surface area contributed by atoms with Gasteiger partial charge in [-0.15, -0.1) is 0 Å². The molecule has 1 unspecified atom stereocenters. The predicted molar refractivity (Wildman–Crippen MR) is 96.3 cm³/mol. The van der Waals surface area contributed by atoms with Gasteiger partial charge in [-0.05, 0) is 6.07 Å². The maximum Gasteiger partial charge on any atom is 0.406 e. The zero-order valence-electron chi connectivity index (χ0n) is 14.1. The largest absolute Gasteiger partial charge is 0.484 e. The van der Waals surface area contributed by atoms with Gasteiger partial charge in [0, 0.05) is 11.1 Å². The van der Waals surface area contributed by atoms with Crippen LogP contribution in [0.4, 0.5) is 10.5 Å². The molecule has 0 saturated carbocycles. The first kappa shape index (κ1) is 16.8. The first-order valence-corrected chi connectivity index (χ1v) is 8.26. The summed E-state index contributed by atoms with van der Waals surface area (Å²) in [7, 11) is 0. The van der Waals surface area contributed by atoms with E-state index in [0.717, 1.165) is 0 Å². The third-order valence-corrected chi connectivity index (χ3v) is 4.31. The van der Waals surface area contributed by atoms with Gasteiger partial charge in [0.2, 0.25) is 6.17 Å². The predicted octanol–water partition coefficient (Wildman–Crippen LogP) is 1.43. The highest BCUT2D eigenvalue weighted by Crippen LogP contribution is 2.37. The lowest BCUT2D eigenvalue weighted by Crippen LogP contribution is -2.48. The number of carbonyl (C=O) groups excluding carboxylic acids is 2. The lowest BCUT2D eigenvalue weighted by molar-refractivity contribution is -0.124. The number of hydrogen-bond acceptors (Lipinski definition) is 5. The molecule has 2 aliphatic heterocycles. The SMILES string of the molecule is O=C1COc2cccc3c2N(C1)C(=O)C(NC(=O)O)N=C3c1ccccc1. The molecule has 4 rings (SSSR count). The molecule has 8 heteroatoms. The van der Waals surface area contributed by atoms with Crippen molar-refractivity contribution in [3.8, 4) is 5.75 Å². The van der Waals surface area contributed by atoms with Gasteiger partial charge >= 0.3 is 6.09 Å². The Labute approximate surface area is 154 Å². The van der Waals surface area contributed by atoms with Gasteiger partial charge in [0.15, 0.2) is 5.78 Å². The molecule has 0 spiro atoms. The van der Waals surface area contributed by atoms with Gasteiger partial charge in [0.1, 0.15) is 12.4 Å². The molecule has 2 amide bonds. The van der Waals surface area contributed by atoms with Gasteiger partial charge in [-0.25, -0.2) is 9.79 Å². The van der Waals surface area contributed by atoms with Crippen LogP contribution < -0.4 is 15.0 Å². The summed E-state index contributed by atoms with van der Waals surface area (Å²) in [5.41, 5.74) is 2.18. The zero-order valence-corrected chi connectivity index (χ0v) is 14.1. The number of hydrogen-bond donors (Lipinski definition) is 2. The van der Waals surface area contributed by atoms with E-state index in [1.54, 1.807) is 18.2 Å². The number of aliphatic imine (C=N–C) groups is 1. The van der Waals surface area contributed by atoms with Crippen molar-refractivity contribution in [3.05, 3.63) is 59.7 Å². The second kappa shape index (κ2) is 6.56. The highest BCUT2D eigenvalue weighted by molar-refractivity contribution is 6.22. The van der Waals surface area contributed by atoms with E-state index in [9.17, 15) is 14.4 Å². The smallest absolute Gasteiger partial charge is 0.406 e. The van der Waals surface area contributed by atoms with Crippen LogP contribution in [0.15, 0.2) is 53.5 Å². The number of anilines is 1. The van der Waals surface area contributed by atoms with Crippen molar-refractivity contribution < 1.29 is 24.2 Å². The van der Waals surface area contributed by atoms with Gasteiger partial charge in [-0.3, -0.25) is 19.8 Å². The fourth-order valence-corrected chi connectivity index (χ4v) is 3.19. The Bertz CT molecular complexity index is 971. The molecule has 27 heavy (non-hydrogen) atoms. The van der Waals surface area contributed by atoms with E-state index in [4.69, 9.17) is 9.84 Å². The highest BCUT2D eigenvalue weighted by Gasteiger charge is 2.37. The van der Waals surface area contributed by atoms with Gasteiger partial charge < -0.3 is 9.84 Å². The molecule has 2 aliphatic rings. The number of benzene rings is 2. The molecular formula is C19H15N3O5. The van der Waals surface area contributed by atoms with Crippen molar-refractivity contribution in [2.24, 2.45) is 4.99 Å². The Morgan fingerprint density at radius 1 is 1.15 bits per heavy atom. The number of amides is 2. The Hall–Kier alpha value is -3.68. The lowest BCUT2D eigenvalue weighted by Gasteiger charge is -2.23. The van der Waals surface area contributed by atoms with Crippen molar-refractivity contribution in [1.29, 1.82) is 0 Å². The number of ketones is 1. The molecule has 0 aromatic heterocycles. The summed E-state index contributed by atoms with van der Waals surface area (Å²) in [4.78, 5) is 42.0. The fourth-order valence-electron chi connectivity index (χ4n) is 3.19. The van der Waals surface area contributed by atoms with Gasteiger partial charge in [-0.2, -0.15) is 0 Å². The molecule has 0 bridgehead atoms. The minimum Gasteiger partial charge on any atom is -0.484 e. The van der Waals surface area contributed by atoms with Crippen LogP contribution in [0.3, 0.4) is 0 Å². The second-order valence-electron chi connectivity index (χ2n) is 6.10. The molecule has 0 fully saturated rings. The third kappa shape index (κ3) is 3.01. The fraction of sp³-hybridized carbons (Fsp3) is 0.158. The van der Waals surface area contributed by atoms with Crippen LogP contribution in [-0.2, 0) is 9.59 Å². The average molecular weight is 365 g/mol. The average Bonchev–Trinajstić information content (AvgIpc) is 2.90. The Morgan fingerprint density at radius 2 is 1.93 bits per heavy atom. The van der Waals surface area contributed by atoms with Crippen molar-refractivity contribution in [2.45, 2.75) is 6.17 Å². The molecule has 0 radical (unpaired) electrons. The quantitative estimate of drug-likeness (QED) is 0.837. The van der Waals surface area contributed by atoms with Crippen LogP contribution in [0, 0.1) is 0 Å². The Kier molecular flexibility index (Phi) is 4.08. The number of rotatable bonds is 2. The molecule has 0 aliphatic carbocycles. The Morgan fingerprint density at radius 3 is 2.67 bits per heavy atom. The number of nitrogens with one attached hydrogen (secondary N) is 1. The van der Waals surface area contributed by atoms with Crippen LogP contribution in [-0.4, -0.2) is 47.9 Å². The van der Waals surface area contributed by atoms with E-state index in [2.05, 4.69) is 10.3 Å². The molecule has 1 atom stereocenters. The molecule has 0 saturated heterocycles. The molecule has 2 heterocycles. The summed E-state index contributed by atoms with van der Waals surface area (Å²) in [5, 5.41) is 11.3. The van der Waals surface area contributed by atoms with Gasteiger partial charge in [0.05, 0.1) is 17.9 Å². The normalized spacial score (nSPS) is 18.6. The van der Waals surface area contributed by atoms with Crippen LogP contribution >= 0.6 is 0 Å². The molecular weight excluding hydrogens is 350 g/mol. The van der Waals surface area contributed by atoms with E-state index in [1.807, 2.05) is 30.3 Å². The van der Waals surface area contributed by atoms with E-state index in [1.165, 1.54) is 4.90 Å². The summed E-state index contributed by atoms with van der Waals surface area (Å²) >= 11 is 0. The van der Waals surface area contributed by atoms with E-state index in [0.29, 0.717) is 28.3 Å². The Balaban J connectivity index is 1.97. The van der Waals surface area contributed by atoms with Gasteiger partial charge in [-0.1, -0.05) is 42.5 Å². The number of para-hydroxylation sites is 1. The topological polar surface area (TPSA) is 108 Å². The van der Waals surface area contributed by atoms with Crippen LogP contribution in [0.5, 0.6) is 5.75 Å². The first-order chi connectivity index (χ1) is 13.0. The van der Waals surface area contributed by atoms with Crippen LogP contribution in [0.2, 0.25) is 0 Å². The standard InChI is InChI=1S/C19H15N3O5/c23-12-9-22-16-13(7-4-8-14(16)27-10-12)15(11-5-2-1-3-6-11)20-17(18(22)24)21-19(25)26/h1-8,17,21H,9-10H2,(H,25,26). The number of nitrogens with zero attached hydrogens (tertiary/aromatic N) is 2. The number of ether oxygens (including phenoxy) is 1. The second-order valence-corrected chi connectivity index (χ2v) is 6.10. The summed E-state index contributed by atoms with van der Waals surface area (Å²) < 4.78 is 5.58. The summed E-state index contributed by atoms with van der Waals surface area (Å²) in [6, 6.07) is 14.3. The number of Topliss-reactive ketones (excluding diaryl/α,β-unsaturated/α-hetero) is 1. The molecule has 8 nitrogen and oxygen atoms in total. The molecule has 2 aromatic carbocycles. The van der Waals surface area contributed by atoms with Crippen molar-refractivity contribution in [2.75, 3.05) is 18.1 Å². The minimum atomic E-state index is -1.38. The van der Waals surface area contributed by atoms with Crippen molar-refractivity contribution in [3.63, 3.8) is 0 Å². The van der Waals surface area contributed by atoms with E-state index >= 15 is 0 Å². The number of carbonyl (C=O) groups is 3. The molecule has 2 N–H and O–H groups in total. The summed E-state index contributed by atoms with van der Waals surface area (Å²) in [6.45, 7) is -0.368. The van der Waals surface area contributed by atoms with E-state index in [-0.39, 0.29) is 18.9 Å². The first-order valence-electron chi connectivity index (χ1n) is 8.26. The zero-order chi connectivity index (χ0) is 19.0. The molecule has 2 aromatic rings. The van der Waals surface area contributed by atoms with Crippen LogP contribution in [0.1, 0.15) is 11.1 Å². The number of carboxylic acid groups (broad SMARTS) is 1. The van der Waals surface area contributed by atoms with E-state index < -0.39 is 18.2 Å². The lowest BCUT2D eigenvalue weighted by atomic mass is 9.99. The maximum atomic E-state index is 13.0. The van der Waals surface area contributed by atoms with Crippen molar-refractivity contribution >= 4 is 29.2 Å². The molecule has 136 valence electrons. The summed E-state index contributed by atoms with van der Waals surface area (Å²) in [5.74, 6) is -0.537. The maximum absolute atomic E-state index is 13.0. The monoisotopic (exact) mass is 365 g/mol. The van der Waals surface area contributed by atoms with Crippen LogP contribution in [0.25, 0.3) is 0 Å². The minimum absolute atomic E-state index is 0.158.